The maximum Gasteiger partial charge on any atom is 3.00 e. The average Bonchev–Trinajstić information content (AvgIpc) is 2.71. The van der Waals surface area contributed by atoms with Gasteiger partial charge in [-0.25, -0.2) is 25.3 Å². The van der Waals surface area contributed by atoms with E-state index in [2.05, 4.69) is 60.3 Å². The van der Waals surface area contributed by atoms with Crippen molar-refractivity contribution < 1.29 is 51.5 Å². The largest absolute Gasteiger partial charge is 3.00 e. The van der Waals surface area contributed by atoms with Crippen LogP contribution in [0, 0.1) is 0 Å². The maximum absolute atomic E-state index is 10.1. The van der Waals surface area contributed by atoms with Gasteiger partial charge < -0.3 is 26.2 Å². The van der Waals surface area contributed by atoms with Gasteiger partial charge >= 0.3 is 9.90 Å². The first-order valence-electron chi connectivity index (χ1n) is 8.64. The van der Waals surface area contributed by atoms with Gasteiger partial charge in [-0.2, -0.15) is 0 Å². The number of hydrogen-bond donors (Lipinski definition) is 0. The Morgan fingerprint density at radius 1 is 0.432 bits per heavy atom. The molecule has 3 rings (SSSR count). The molecular weight excluding hydrogens is 775 g/mol. The summed E-state index contributed by atoms with van der Waals surface area (Å²) in [6.07, 6.45) is 0. The van der Waals surface area contributed by atoms with Crippen molar-refractivity contribution in [2.24, 2.45) is 0 Å². The predicted molar refractivity (Wildman–Crippen MR) is 140 cm³/mol. The van der Waals surface area contributed by atoms with Crippen LogP contribution in [0.5, 0.6) is 17.2 Å². The van der Waals surface area contributed by atoms with Crippen LogP contribution in [-0.2, 0) is 31.2 Å². The van der Waals surface area contributed by atoms with E-state index in [0.29, 0.717) is 0 Å². The van der Waals surface area contributed by atoms with Crippen molar-refractivity contribution in [3.8, 4) is 17.2 Å². The molecule has 0 saturated heterocycles. The molecule has 0 aliphatic carbocycles. The Bertz CT molecular complexity index is 1250. The second-order valence-electron chi connectivity index (χ2n) is 5.84. The van der Waals surface area contributed by atoms with E-state index in [-0.39, 0.29) is 27.1 Å². The summed E-state index contributed by atoms with van der Waals surface area (Å²) < 4.78 is 105. The molecule has 0 aromatic heterocycles. The van der Waals surface area contributed by atoms with Crippen molar-refractivity contribution >= 4 is 88.9 Å². The molecule has 3 aromatic carbocycles. The summed E-state index contributed by atoms with van der Waals surface area (Å²) >= 11 is 9.43. The topological polar surface area (TPSA) is 199 Å². The van der Waals surface area contributed by atoms with Crippen LogP contribution in [0.2, 0.25) is 0 Å². The molecule has 0 amide bonds. The van der Waals surface area contributed by atoms with E-state index in [1.807, 2.05) is 0 Å². The fraction of sp³-hybridized carbons (Fsp3) is 0. The van der Waals surface area contributed by atoms with Crippen LogP contribution in [0.25, 0.3) is 0 Å². The molecule has 0 spiro atoms. The SMILES string of the molecule is O=S(=O)([O-])Oc1ccc(Br)cc1.O=S(=O)([O-])Oc1ccc(Br)cc1.O=S(=O)([O-])Oc1ccc(Br)cc1.[P+3]. The molecular formula is C18H12Br3O12PS3. The van der Waals surface area contributed by atoms with Crippen LogP contribution in [0.15, 0.2) is 86.2 Å². The molecule has 0 aliphatic heterocycles. The summed E-state index contributed by atoms with van der Waals surface area (Å²) in [4.78, 5) is 0. The minimum atomic E-state index is -4.66. The van der Waals surface area contributed by atoms with Crippen molar-refractivity contribution in [1.82, 2.24) is 0 Å². The summed E-state index contributed by atoms with van der Waals surface area (Å²) in [6, 6.07) is 17.7. The van der Waals surface area contributed by atoms with Gasteiger partial charge in [-0.3, -0.25) is 0 Å². The van der Waals surface area contributed by atoms with Crippen LogP contribution in [0.3, 0.4) is 0 Å². The Morgan fingerprint density at radius 2 is 0.595 bits per heavy atom. The van der Waals surface area contributed by atoms with Crippen LogP contribution in [-0.4, -0.2) is 38.9 Å². The van der Waals surface area contributed by atoms with Gasteiger partial charge in [-0.1, -0.05) is 47.8 Å². The fourth-order valence-corrected chi connectivity index (χ4v) is 3.66. The monoisotopic (exact) mass is 784 g/mol. The normalized spacial score (nSPS) is 10.9. The van der Waals surface area contributed by atoms with Crippen molar-refractivity contribution in [3.63, 3.8) is 0 Å². The average molecular weight is 787 g/mol. The molecule has 0 atom stereocenters. The number of benzene rings is 3. The Labute approximate surface area is 242 Å². The Kier molecular flexibility index (Phi) is 15.3. The van der Waals surface area contributed by atoms with E-state index in [1.54, 1.807) is 36.4 Å². The van der Waals surface area contributed by atoms with E-state index >= 15 is 0 Å². The molecule has 37 heavy (non-hydrogen) atoms. The minimum absolute atomic E-state index is 0. The van der Waals surface area contributed by atoms with E-state index in [4.69, 9.17) is 0 Å². The molecule has 0 aliphatic rings. The molecule has 3 aromatic rings. The minimum Gasteiger partial charge on any atom is -0.716 e. The summed E-state index contributed by atoms with van der Waals surface area (Å²) in [5.74, 6) is 0.0228. The van der Waals surface area contributed by atoms with Crippen LogP contribution in [0.4, 0.5) is 0 Å². The van der Waals surface area contributed by atoms with Gasteiger partial charge in [0.2, 0.25) is 0 Å². The Hall–Kier alpha value is -1.34. The van der Waals surface area contributed by atoms with Crippen LogP contribution >= 0.6 is 57.7 Å². The Balaban J connectivity index is 0.000000518. The molecule has 0 fully saturated rings. The van der Waals surface area contributed by atoms with Gasteiger partial charge in [0.05, 0.1) is 0 Å². The molecule has 0 saturated carbocycles. The zero-order chi connectivity index (χ0) is 27.6. The molecule has 19 heteroatoms. The molecule has 2 radical (unpaired) electrons. The summed E-state index contributed by atoms with van der Waals surface area (Å²) in [5, 5.41) is 0. The van der Waals surface area contributed by atoms with Crippen molar-refractivity contribution in [1.29, 1.82) is 0 Å². The van der Waals surface area contributed by atoms with Gasteiger partial charge in [0.25, 0.3) is 31.2 Å². The smallest absolute Gasteiger partial charge is 0.716 e. The number of halogens is 3. The first-order valence-corrected chi connectivity index (χ1v) is 15.0. The van der Waals surface area contributed by atoms with Crippen LogP contribution < -0.4 is 12.5 Å². The number of hydrogen-bond acceptors (Lipinski definition) is 12. The van der Waals surface area contributed by atoms with E-state index in [1.165, 1.54) is 36.4 Å². The van der Waals surface area contributed by atoms with Crippen molar-refractivity contribution in [2.45, 2.75) is 0 Å². The zero-order valence-electron chi connectivity index (χ0n) is 17.6. The number of rotatable bonds is 6. The third-order valence-electron chi connectivity index (χ3n) is 3.04. The Morgan fingerprint density at radius 3 is 0.730 bits per heavy atom. The fourth-order valence-electron chi connectivity index (χ4n) is 1.82. The molecule has 0 bridgehead atoms. The first kappa shape index (κ1) is 35.7. The van der Waals surface area contributed by atoms with Crippen molar-refractivity contribution in [3.05, 3.63) is 86.2 Å². The van der Waals surface area contributed by atoms with Gasteiger partial charge in [-0.15, -0.1) is 0 Å². The van der Waals surface area contributed by atoms with Gasteiger partial charge in [0.15, 0.2) is 0 Å². The molecule has 200 valence electrons. The third-order valence-corrected chi connectivity index (χ3v) is 5.81. The summed E-state index contributed by atoms with van der Waals surface area (Å²) in [7, 11) is -14.0. The predicted octanol–water partition coefficient (Wildman–Crippen LogP) is 4.73. The van der Waals surface area contributed by atoms with Crippen molar-refractivity contribution in [2.75, 3.05) is 0 Å². The molecule has 0 unspecified atom stereocenters. The van der Waals surface area contributed by atoms with Gasteiger partial charge in [0, 0.05) is 13.4 Å². The quantitative estimate of drug-likeness (QED) is 0.189. The molecule has 12 nitrogen and oxygen atoms in total. The van der Waals surface area contributed by atoms with E-state index in [9.17, 15) is 38.9 Å². The first-order chi connectivity index (χ1) is 16.4. The summed E-state index contributed by atoms with van der Waals surface area (Å²) in [5.41, 5.74) is 0. The second kappa shape index (κ2) is 15.9. The third kappa shape index (κ3) is 19.4. The molecule has 0 N–H and O–H groups in total. The maximum atomic E-state index is 10.1. The van der Waals surface area contributed by atoms with E-state index in [0.717, 1.165) is 13.4 Å². The van der Waals surface area contributed by atoms with Crippen LogP contribution in [0.1, 0.15) is 0 Å². The standard InChI is InChI=1S/3C6H5BrO4S.P/c3*7-5-1-3-6(4-2-5)11-12(8,9)10;/h3*1-4H,(H,8,9,10);/q;;;+3/p-3. The molecule has 0 heterocycles. The van der Waals surface area contributed by atoms with Gasteiger partial charge in [-0.05, 0) is 72.8 Å². The summed E-state index contributed by atoms with van der Waals surface area (Å²) in [6.45, 7) is 0. The van der Waals surface area contributed by atoms with Gasteiger partial charge in [0.1, 0.15) is 17.2 Å². The zero-order valence-corrected chi connectivity index (χ0v) is 25.7. The second-order valence-corrected chi connectivity index (χ2v) is 11.5. The van der Waals surface area contributed by atoms with E-state index < -0.39 is 31.2 Å².